The minimum atomic E-state index is -6.85. The third-order valence-electron chi connectivity index (χ3n) is 8.19. The van der Waals surface area contributed by atoms with Crippen LogP contribution >= 0.6 is 0 Å². The van der Waals surface area contributed by atoms with Gasteiger partial charge in [0.05, 0.1) is 0 Å². The second-order valence-corrected chi connectivity index (χ2v) is 17.2. The lowest BCUT2D eigenvalue weighted by atomic mass is 9.99. The van der Waals surface area contributed by atoms with Crippen molar-refractivity contribution in [3.05, 3.63) is 71.8 Å². The van der Waals surface area contributed by atoms with Crippen molar-refractivity contribution in [1.29, 1.82) is 0 Å². The number of hydrogen-bond acceptors (Lipinski definition) is 14. The fraction of sp³-hybridized carbons (Fsp3) is 0.543. The van der Waals surface area contributed by atoms with Crippen molar-refractivity contribution >= 4 is 44.0 Å². The molecule has 0 bridgehead atoms. The summed E-state index contributed by atoms with van der Waals surface area (Å²) in [6, 6.07) is 12.4. The molecule has 330 valence electrons. The van der Waals surface area contributed by atoms with E-state index in [9.17, 15) is 62.4 Å². The Morgan fingerprint density at radius 2 is 0.932 bits per heavy atom. The summed E-state index contributed by atoms with van der Waals surface area (Å²) in [7, 11) is -13.7. The van der Waals surface area contributed by atoms with Gasteiger partial charge in [-0.3, -0.25) is 9.59 Å². The van der Waals surface area contributed by atoms with E-state index in [4.69, 9.17) is 18.9 Å². The molecule has 2 amide bonds. The van der Waals surface area contributed by atoms with E-state index >= 15 is 0 Å². The van der Waals surface area contributed by atoms with Gasteiger partial charge in [0.1, 0.15) is 37.5 Å². The third kappa shape index (κ3) is 13.3. The van der Waals surface area contributed by atoms with E-state index in [1.807, 2.05) is 10.6 Å². The van der Waals surface area contributed by atoms with Gasteiger partial charge >= 0.3 is 43.2 Å². The lowest BCUT2D eigenvalue weighted by molar-refractivity contribution is -0.166. The molecule has 0 radical (unpaired) electrons. The molecule has 59 heavy (non-hydrogen) atoms. The number of benzene rings is 2. The Bertz CT molecular complexity index is 1860. The van der Waals surface area contributed by atoms with Crippen molar-refractivity contribution in [1.82, 2.24) is 10.6 Å². The van der Waals surface area contributed by atoms with Crippen LogP contribution in [0.3, 0.4) is 0 Å². The number of halogens is 6. The molecule has 1 aliphatic heterocycles. The zero-order valence-electron chi connectivity index (χ0n) is 32.1. The third-order valence-corrected chi connectivity index (χ3v) is 10.2. The highest BCUT2D eigenvalue weighted by Gasteiger charge is 2.60. The summed E-state index contributed by atoms with van der Waals surface area (Å²) in [6.45, 7) is 6.50. The molecule has 16 nitrogen and oxygen atoms in total. The van der Waals surface area contributed by atoms with Gasteiger partial charge < -0.3 is 29.6 Å². The molecular formula is C35H42F6N2O14S2. The highest BCUT2D eigenvalue weighted by molar-refractivity contribution is 7.87. The number of amides is 2. The number of carbonyl (C=O) groups excluding carboxylic acids is 4. The van der Waals surface area contributed by atoms with Gasteiger partial charge in [-0.1, -0.05) is 88.4 Å². The molecule has 0 spiro atoms. The maximum absolute atomic E-state index is 13.9. The molecule has 2 aromatic carbocycles. The minimum Gasteiger partial charge on any atom is -0.459 e. The van der Waals surface area contributed by atoms with Crippen LogP contribution in [0.5, 0.6) is 0 Å². The average molecular weight is 893 g/mol. The van der Waals surface area contributed by atoms with Gasteiger partial charge in [0, 0.05) is 0 Å². The van der Waals surface area contributed by atoms with Crippen LogP contribution in [-0.2, 0) is 79.9 Å². The average Bonchev–Trinajstić information content (AvgIpc) is 3.45. The van der Waals surface area contributed by atoms with Crippen LogP contribution in [-0.4, -0.2) is 93.9 Å². The van der Waals surface area contributed by atoms with Crippen LogP contribution in [0.1, 0.15) is 52.7 Å². The SMILES string of the molecule is CC(C)C(NC(=O)C(OS(=O)(=O)C(F)(F)F)C1OC(C)(C)OC1C(OS(=O)(=O)C(F)(F)F)C(=O)NC(C(=O)OCc1ccccc1)C(C)C)C(=O)OCc1ccccc1. The fourth-order valence-electron chi connectivity index (χ4n) is 5.27. The van der Waals surface area contributed by atoms with Crippen LogP contribution in [0.2, 0.25) is 0 Å². The van der Waals surface area contributed by atoms with Crippen molar-refractivity contribution in [2.75, 3.05) is 0 Å². The first-order valence-corrected chi connectivity index (χ1v) is 20.2. The number of rotatable bonds is 18. The van der Waals surface area contributed by atoms with E-state index in [1.54, 1.807) is 60.7 Å². The van der Waals surface area contributed by atoms with Gasteiger partial charge in [-0.2, -0.15) is 43.2 Å². The maximum Gasteiger partial charge on any atom is 0.523 e. The van der Waals surface area contributed by atoms with Gasteiger partial charge in [-0.25, -0.2) is 18.0 Å². The molecule has 6 atom stereocenters. The molecule has 1 fully saturated rings. The van der Waals surface area contributed by atoms with Crippen molar-refractivity contribution < 1.29 is 89.7 Å². The monoisotopic (exact) mass is 892 g/mol. The molecule has 0 aliphatic carbocycles. The topological polar surface area (TPSA) is 216 Å². The Morgan fingerprint density at radius 1 is 0.627 bits per heavy atom. The highest BCUT2D eigenvalue weighted by atomic mass is 32.2. The Hall–Kier alpha value is -4.36. The largest absolute Gasteiger partial charge is 0.523 e. The summed E-state index contributed by atoms with van der Waals surface area (Å²) >= 11 is 0. The van der Waals surface area contributed by atoms with E-state index in [0.29, 0.717) is 11.1 Å². The van der Waals surface area contributed by atoms with Crippen LogP contribution in [0.4, 0.5) is 26.3 Å². The highest BCUT2D eigenvalue weighted by Crippen LogP contribution is 2.38. The van der Waals surface area contributed by atoms with E-state index in [-0.39, 0.29) is 13.2 Å². The number of ether oxygens (including phenoxy) is 4. The Balaban J connectivity index is 2.10. The molecular weight excluding hydrogens is 851 g/mol. The van der Waals surface area contributed by atoms with Gasteiger partial charge in [0.25, 0.3) is 11.8 Å². The molecule has 0 aromatic heterocycles. The predicted molar refractivity (Wildman–Crippen MR) is 190 cm³/mol. The van der Waals surface area contributed by atoms with Crippen molar-refractivity contribution in [3.63, 3.8) is 0 Å². The summed E-state index contributed by atoms with van der Waals surface area (Å²) < 4.78 is 162. The van der Waals surface area contributed by atoms with Crippen molar-refractivity contribution in [2.45, 2.75) is 108 Å². The number of hydrogen-bond donors (Lipinski definition) is 2. The predicted octanol–water partition coefficient (Wildman–Crippen LogP) is 3.74. The molecule has 2 aromatic rings. The first-order chi connectivity index (χ1) is 27.1. The summed E-state index contributed by atoms with van der Waals surface area (Å²) in [5.74, 6) is -10.4. The van der Waals surface area contributed by atoms with E-state index in [1.165, 1.54) is 27.7 Å². The van der Waals surface area contributed by atoms with Crippen LogP contribution < -0.4 is 10.6 Å². The first kappa shape index (κ1) is 49.0. The zero-order chi connectivity index (χ0) is 44.7. The molecule has 2 N–H and O–H groups in total. The summed E-state index contributed by atoms with van der Waals surface area (Å²) in [4.78, 5) is 54.0. The molecule has 0 saturated carbocycles. The van der Waals surface area contributed by atoms with Gasteiger partial charge in [0.15, 0.2) is 18.0 Å². The number of carbonyl (C=O) groups is 4. The van der Waals surface area contributed by atoms with Crippen LogP contribution in [0, 0.1) is 11.8 Å². The zero-order valence-corrected chi connectivity index (χ0v) is 33.7. The van der Waals surface area contributed by atoms with Gasteiger partial charge in [-0.15, -0.1) is 0 Å². The van der Waals surface area contributed by atoms with E-state index in [0.717, 1.165) is 13.8 Å². The molecule has 1 saturated heterocycles. The molecule has 24 heteroatoms. The second-order valence-electron chi connectivity index (χ2n) is 14.0. The normalized spacial score (nSPS) is 19.4. The Labute approximate surface area is 335 Å². The van der Waals surface area contributed by atoms with Gasteiger partial charge in [-0.05, 0) is 36.8 Å². The molecule has 1 aliphatic rings. The van der Waals surface area contributed by atoms with E-state index < -0.39 is 109 Å². The Kier molecular flexibility index (Phi) is 16.1. The molecule has 3 rings (SSSR count). The van der Waals surface area contributed by atoms with Crippen LogP contribution in [0.25, 0.3) is 0 Å². The number of esters is 2. The lowest BCUT2D eigenvalue weighted by Crippen LogP contribution is -2.60. The standard InChI is InChI=1S/C35H42F6N2O14S2/c1-19(2)23(31(46)52-17-21-13-9-7-10-14-21)42-29(44)27(56-58(48,49)34(36,37)38)25-26(55-33(5,6)54-25)28(57-59(50,51)35(39,40)41)30(45)43-24(20(3)4)32(47)53-18-22-15-11-8-12-16-22/h7-16,19-20,23-28H,17-18H2,1-6H3,(H,42,44)(H,43,45). The minimum absolute atomic E-state index is 0.365. The van der Waals surface area contributed by atoms with Crippen molar-refractivity contribution in [3.8, 4) is 0 Å². The quantitative estimate of drug-likeness (QED) is 0.0944. The maximum atomic E-state index is 13.9. The summed E-state index contributed by atoms with van der Waals surface area (Å²) in [5, 5.41) is 3.95. The molecule has 6 unspecified atom stereocenters. The van der Waals surface area contributed by atoms with E-state index in [2.05, 4.69) is 8.37 Å². The molecule has 1 heterocycles. The van der Waals surface area contributed by atoms with Gasteiger partial charge in [0.2, 0.25) is 0 Å². The first-order valence-electron chi connectivity index (χ1n) is 17.4. The number of nitrogens with one attached hydrogen (secondary N) is 2. The smallest absolute Gasteiger partial charge is 0.459 e. The second kappa shape index (κ2) is 19.4. The summed E-state index contributed by atoms with van der Waals surface area (Å²) in [6.07, 6.45) is -11.9. The van der Waals surface area contributed by atoms with Crippen LogP contribution in [0.15, 0.2) is 60.7 Å². The fourth-order valence-corrected chi connectivity index (χ4v) is 6.42. The lowest BCUT2D eigenvalue weighted by Gasteiger charge is -2.31. The van der Waals surface area contributed by atoms with Crippen molar-refractivity contribution in [2.24, 2.45) is 11.8 Å². The number of alkyl halides is 6. The Morgan fingerprint density at radius 3 is 1.20 bits per heavy atom. The summed E-state index contributed by atoms with van der Waals surface area (Å²) in [5.41, 5.74) is -11.6.